The van der Waals surface area contributed by atoms with Gasteiger partial charge in [0, 0.05) is 36.5 Å². The van der Waals surface area contributed by atoms with Crippen molar-refractivity contribution >= 4 is 17.6 Å². The molecular formula is C23H31N3O3. The highest BCUT2D eigenvalue weighted by molar-refractivity contribution is 6.02. The van der Waals surface area contributed by atoms with Crippen molar-refractivity contribution in [1.82, 2.24) is 15.2 Å². The molecule has 1 heterocycles. The molecule has 2 rings (SSSR count). The number of aryl methyl sites for hydroxylation is 1. The summed E-state index contributed by atoms with van der Waals surface area (Å²) in [6, 6.07) is 7.36. The summed E-state index contributed by atoms with van der Waals surface area (Å²) in [5, 5.41) is 2.91. The molecule has 6 nitrogen and oxygen atoms in total. The number of benzene rings is 1. The van der Waals surface area contributed by atoms with Gasteiger partial charge in [0.1, 0.15) is 5.69 Å². The average molecular weight is 398 g/mol. The summed E-state index contributed by atoms with van der Waals surface area (Å²) < 4.78 is 0. The van der Waals surface area contributed by atoms with Crippen molar-refractivity contribution in [2.24, 2.45) is 0 Å². The molecule has 1 aromatic heterocycles. The van der Waals surface area contributed by atoms with Crippen LogP contribution in [0, 0.1) is 6.92 Å². The van der Waals surface area contributed by atoms with Crippen molar-refractivity contribution in [2.75, 3.05) is 7.05 Å². The van der Waals surface area contributed by atoms with Crippen LogP contribution in [0.5, 0.6) is 0 Å². The van der Waals surface area contributed by atoms with Crippen LogP contribution >= 0.6 is 0 Å². The smallest absolute Gasteiger partial charge is 0.268 e. The Hall–Kier alpha value is -2.89. The van der Waals surface area contributed by atoms with Crippen LogP contribution in [0.15, 0.2) is 24.3 Å². The third-order valence-electron chi connectivity index (χ3n) is 5.12. The first-order valence-corrected chi connectivity index (χ1v) is 10.0. The second-order valence-electron chi connectivity index (χ2n) is 7.67. The van der Waals surface area contributed by atoms with Gasteiger partial charge >= 0.3 is 0 Å². The summed E-state index contributed by atoms with van der Waals surface area (Å²) in [5.41, 5.74) is 4.10. The molecule has 0 saturated heterocycles. The van der Waals surface area contributed by atoms with Crippen molar-refractivity contribution in [3.05, 3.63) is 57.9 Å². The molecule has 0 fully saturated rings. The minimum Gasteiger partial charge on any atom is -0.354 e. The Bertz CT molecular complexity index is 895. The standard InChI is InChI=1S/C23H31N3O3/c1-7-8-19-20(16(5)27)15(4)25-21(19)22(28)24-13-17-9-11-18(12-10-17)23(29)26(6)14(2)3/h9-12,14,25H,7-8,13H2,1-6H3,(H,24,28). The summed E-state index contributed by atoms with van der Waals surface area (Å²) in [7, 11) is 1.78. The molecule has 0 aliphatic heterocycles. The van der Waals surface area contributed by atoms with Gasteiger partial charge in [-0.3, -0.25) is 14.4 Å². The van der Waals surface area contributed by atoms with Gasteiger partial charge in [-0.2, -0.15) is 0 Å². The number of hydrogen-bond acceptors (Lipinski definition) is 3. The fourth-order valence-electron chi connectivity index (χ4n) is 3.32. The van der Waals surface area contributed by atoms with Gasteiger partial charge in [0.05, 0.1) is 0 Å². The Morgan fingerprint density at radius 1 is 1.14 bits per heavy atom. The van der Waals surface area contributed by atoms with Crippen molar-refractivity contribution in [3.63, 3.8) is 0 Å². The molecule has 2 N–H and O–H groups in total. The molecule has 29 heavy (non-hydrogen) atoms. The van der Waals surface area contributed by atoms with Gasteiger partial charge in [0.2, 0.25) is 0 Å². The largest absolute Gasteiger partial charge is 0.354 e. The fraction of sp³-hybridized carbons (Fsp3) is 0.435. The molecule has 0 bridgehead atoms. The van der Waals surface area contributed by atoms with E-state index in [0.717, 1.165) is 23.2 Å². The maximum Gasteiger partial charge on any atom is 0.268 e. The van der Waals surface area contributed by atoms with Gasteiger partial charge in [-0.15, -0.1) is 0 Å². The molecule has 2 aromatic rings. The molecule has 0 saturated carbocycles. The molecule has 2 amide bonds. The van der Waals surface area contributed by atoms with Crippen LogP contribution in [0.25, 0.3) is 0 Å². The van der Waals surface area contributed by atoms with Gasteiger partial charge in [-0.25, -0.2) is 0 Å². The Morgan fingerprint density at radius 3 is 2.28 bits per heavy atom. The summed E-state index contributed by atoms with van der Waals surface area (Å²) in [5.74, 6) is -0.296. The molecule has 1 aromatic carbocycles. The normalized spacial score (nSPS) is 10.9. The third kappa shape index (κ3) is 5.13. The number of carbonyl (C=O) groups is 3. The molecule has 6 heteroatoms. The fourth-order valence-corrected chi connectivity index (χ4v) is 3.32. The van der Waals surface area contributed by atoms with E-state index in [9.17, 15) is 14.4 Å². The monoisotopic (exact) mass is 397 g/mol. The highest BCUT2D eigenvalue weighted by atomic mass is 16.2. The lowest BCUT2D eigenvalue weighted by Crippen LogP contribution is -2.32. The van der Waals surface area contributed by atoms with Crippen LogP contribution in [-0.4, -0.2) is 40.6 Å². The number of aromatic amines is 1. The van der Waals surface area contributed by atoms with Gasteiger partial charge in [-0.05, 0) is 57.4 Å². The van der Waals surface area contributed by atoms with Crippen molar-refractivity contribution in [3.8, 4) is 0 Å². The first-order valence-electron chi connectivity index (χ1n) is 10.0. The number of nitrogens with zero attached hydrogens (tertiary/aromatic N) is 1. The molecule has 0 aliphatic rings. The van der Waals surface area contributed by atoms with Gasteiger partial charge in [-0.1, -0.05) is 25.5 Å². The predicted molar refractivity (Wildman–Crippen MR) is 114 cm³/mol. The maximum absolute atomic E-state index is 12.7. The number of nitrogens with one attached hydrogen (secondary N) is 2. The summed E-state index contributed by atoms with van der Waals surface area (Å²) in [4.78, 5) is 41.8. The maximum atomic E-state index is 12.7. The Morgan fingerprint density at radius 2 is 1.76 bits per heavy atom. The van der Waals surface area contributed by atoms with E-state index < -0.39 is 0 Å². The number of hydrogen-bond donors (Lipinski definition) is 2. The van der Waals surface area contributed by atoms with Crippen molar-refractivity contribution in [1.29, 1.82) is 0 Å². The quantitative estimate of drug-likeness (QED) is 0.663. The van der Waals surface area contributed by atoms with Crippen LogP contribution < -0.4 is 5.32 Å². The molecule has 0 unspecified atom stereocenters. The predicted octanol–water partition coefficient (Wildman–Crippen LogP) is 3.89. The van der Waals surface area contributed by atoms with E-state index in [4.69, 9.17) is 0 Å². The van der Waals surface area contributed by atoms with Crippen LogP contribution in [-0.2, 0) is 13.0 Å². The third-order valence-corrected chi connectivity index (χ3v) is 5.12. The minimum absolute atomic E-state index is 0.0292. The molecule has 156 valence electrons. The first kappa shape index (κ1) is 22.4. The number of rotatable bonds is 8. The van der Waals surface area contributed by atoms with E-state index in [-0.39, 0.29) is 23.6 Å². The zero-order valence-corrected chi connectivity index (χ0v) is 18.2. The molecular weight excluding hydrogens is 366 g/mol. The van der Waals surface area contributed by atoms with E-state index >= 15 is 0 Å². The molecule has 0 atom stereocenters. The summed E-state index contributed by atoms with van der Waals surface area (Å²) >= 11 is 0. The first-order chi connectivity index (χ1) is 13.7. The van der Waals surface area contributed by atoms with E-state index in [1.165, 1.54) is 6.92 Å². The number of Topliss-reactive ketones (excluding diaryl/α,β-unsaturated/α-hetero) is 1. The summed E-state index contributed by atoms with van der Waals surface area (Å²) in [6.07, 6.45) is 1.51. The lowest BCUT2D eigenvalue weighted by molar-refractivity contribution is 0.0754. The van der Waals surface area contributed by atoms with Gasteiger partial charge in [0.15, 0.2) is 5.78 Å². The number of H-pyrrole nitrogens is 1. The van der Waals surface area contributed by atoms with E-state index in [0.29, 0.717) is 29.8 Å². The second-order valence-corrected chi connectivity index (χ2v) is 7.67. The Labute approximate surface area is 172 Å². The minimum atomic E-state index is -0.233. The number of ketones is 1. The number of aromatic nitrogens is 1. The number of carbonyl (C=O) groups excluding carboxylic acids is 3. The Balaban J connectivity index is 2.11. The average Bonchev–Trinajstić information content (AvgIpc) is 3.01. The van der Waals surface area contributed by atoms with Crippen molar-refractivity contribution < 1.29 is 14.4 Å². The lowest BCUT2D eigenvalue weighted by atomic mass is 10.0. The highest BCUT2D eigenvalue weighted by Crippen LogP contribution is 2.21. The van der Waals surface area contributed by atoms with Crippen LogP contribution in [0.3, 0.4) is 0 Å². The van der Waals surface area contributed by atoms with E-state index in [1.807, 2.05) is 39.8 Å². The zero-order chi connectivity index (χ0) is 21.7. The van der Waals surface area contributed by atoms with E-state index in [2.05, 4.69) is 10.3 Å². The topological polar surface area (TPSA) is 82.3 Å². The second kappa shape index (κ2) is 9.54. The van der Waals surface area contributed by atoms with Crippen LogP contribution in [0.2, 0.25) is 0 Å². The zero-order valence-electron chi connectivity index (χ0n) is 18.2. The molecule has 0 radical (unpaired) electrons. The Kier molecular flexibility index (Phi) is 7.37. The van der Waals surface area contributed by atoms with Crippen LogP contribution in [0.4, 0.5) is 0 Å². The SMILES string of the molecule is CCCc1c(C(=O)NCc2ccc(C(=O)N(C)C(C)C)cc2)[nH]c(C)c1C(C)=O. The summed E-state index contributed by atoms with van der Waals surface area (Å²) in [6.45, 7) is 9.63. The highest BCUT2D eigenvalue weighted by Gasteiger charge is 2.22. The molecule has 0 spiro atoms. The van der Waals surface area contributed by atoms with E-state index in [1.54, 1.807) is 24.1 Å². The van der Waals surface area contributed by atoms with Gasteiger partial charge in [0.25, 0.3) is 11.8 Å². The number of amides is 2. The van der Waals surface area contributed by atoms with Crippen molar-refractivity contribution in [2.45, 2.75) is 60.0 Å². The van der Waals surface area contributed by atoms with Crippen LogP contribution in [0.1, 0.15) is 82.1 Å². The lowest BCUT2D eigenvalue weighted by Gasteiger charge is -2.21. The van der Waals surface area contributed by atoms with Gasteiger partial charge < -0.3 is 15.2 Å². The molecule has 0 aliphatic carbocycles.